The Balaban J connectivity index is 2.15. The molecule has 0 aromatic heterocycles. The van der Waals surface area contributed by atoms with Crippen LogP contribution < -0.4 is 5.32 Å². The van der Waals surface area contributed by atoms with Gasteiger partial charge < -0.3 is 5.32 Å². The van der Waals surface area contributed by atoms with Crippen LogP contribution in [0.3, 0.4) is 0 Å². The van der Waals surface area contributed by atoms with Gasteiger partial charge in [0.1, 0.15) is 0 Å². The lowest BCUT2D eigenvalue weighted by atomic mass is 10.1. The van der Waals surface area contributed by atoms with Crippen molar-refractivity contribution >= 4 is 17.3 Å². The van der Waals surface area contributed by atoms with Crippen LogP contribution in [0.1, 0.15) is 22.3 Å². The van der Waals surface area contributed by atoms with Crippen LogP contribution in [-0.2, 0) is 6.54 Å². The minimum Gasteiger partial charge on any atom is -0.380 e. The Morgan fingerprint density at radius 2 is 1.95 bits per heavy atom. The van der Waals surface area contributed by atoms with E-state index in [1.165, 1.54) is 5.56 Å². The van der Waals surface area contributed by atoms with Gasteiger partial charge in [-0.2, -0.15) is 5.26 Å². The molecule has 0 unspecified atom stereocenters. The van der Waals surface area contributed by atoms with Crippen molar-refractivity contribution in [2.75, 3.05) is 5.32 Å². The molecule has 19 heavy (non-hydrogen) atoms. The molecule has 0 aliphatic rings. The summed E-state index contributed by atoms with van der Waals surface area (Å²) in [5.41, 5.74) is 5.07. The van der Waals surface area contributed by atoms with Crippen molar-refractivity contribution in [3.05, 3.63) is 63.7 Å². The maximum Gasteiger partial charge on any atom is 0.0991 e. The number of halogens is 1. The second-order valence-electron chi connectivity index (χ2n) is 4.59. The number of aryl methyl sites for hydroxylation is 2. The third kappa shape index (κ3) is 3.27. The predicted molar refractivity (Wildman–Crippen MR) is 79.4 cm³/mol. The molecular formula is C16H15ClN2. The highest BCUT2D eigenvalue weighted by Crippen LogP contribution is 2.23. The van der Waals surface area contributed by atoms with Gasteiger partial charge in [0.25, 0.3) is 0 Å². The highest BCUT2D eigenvalue weighted by molar-refractivity contribution is 6.33. The molecule has 2 aromatic rings. The Kier molecular flexibility index (Phi) is 4.09. The van der Waals surface area contributed by atoms with Crippen LogP contribution >= 0.6 is 11.6 Å². The molecule has 96 valence electrons. The first-order chi connectivity index (χ1) is 9.10. The number of nitrogens with zero attached hydrogens (tertiary/aromatic N) is 1. The van der Waals surface area contributed by atoms with Gasteiger partial charge in [-0.15, -0.1) is 0 Å². The molecule has 0 fully saturated rings. The van der Waals surface area contributed by atoms with Gasteiger partial charge in [-0.05, 0) is 54.8 Å². The maximum atomic E-state index is 8.84. The Bertz CT molecular complexity index is 642. The highest BCUT2D eigenvalue weighted by atomic mass is 35.5. The number of hydrogen-bond acceptors (Lipinski definition) is 2. The summed E-state index contributed by atoms with van der Waals surface area (Å²) in [4.78, 5) is 0. The molecule has 0 spiro atoms. The molecule has 2 nitrogen and oxygen atoms in total. The fourth-order valence-corrected chi connectivity index (χ4v) is 2.11. The number of anilines is 1. The number of hydrogen-bond donors (Lipinski definition) is 1. The molecule has 0 amide bonds. The standard InChI is InChI=1S/C16H15ClN2/c1-11-3-6-15(17)16(7-11)19-10-14-5-4-13(9-18)8-12(14)2/h3-8,19H,10H2,1-2H3. The van der Waals surface area contributed by atoms with Crippen molar-refractivity contribution in [1.82, 2.24) is 0 Å². The quantitative estimate of drug-likeness (QED) is 0.895. The van der Waals surface area contributed by atoms with Crippen LogP contribution in [0.2, 0.25) is 5.02 Å². The summed E-state index contributed by atoms with van der Waals surface area (Å²) in [5, 5.41) is 12.9. The number of nitrogens with one attached hydrogen (secondary N) is 1. The molecule has 0 aliphatic heterocycles. The lowest BCUT2D eigenvalue weighted by Gasteiger charge is -2.11. The summed E-state index contributed by atoms with van der Waals surface area (Å²) in [5.74, 6) is 0. The Morgan fingerprint density at radius 3 is 2.63 bits per heavy atom. The molecule has 2 rings (SSSR count). The average molecular weight is 271 g/mol. The van der Waals surface area contributed by atoms with Gasteiger partial charge in [0.15, 0.2) is 0 Å². The summed E-state index contributed by atoms with van der Waals surface area (Å²) in [7, 11) is 0. The van der Waals surface area contributed by atoms with Crippen molar-refractivity contribution in [1.29, 1.82) is 5.26 Å². The predicted octanol–water partition coefficient (Wildman–Crippen LogP) is 4.44. The van der Waals surface area contributed by atoms with Gasteiger partial charge in [0, 0.05) is 6.54 Å². The molecule has 0 atom stereocenters. The van der Waals surface area contributed by atoms with Crippen LogP contribution in [0, 0.1) is 25.2 Å². The molecule has 0 bridgehead atoms. The first-order valence-corrected chi connectivity index (χ1v) is 6.47. The zero-order valence-electron chi connectivity index (χ0n) is 11.0. The first kappa shape index (κ1) is 13.5. The second kappa shape index (κ2) is 5.77. The van der Waals surface area contributed by atoms with E-state index < -0.39 is 0 Å². The molecule has 3 heteroatoms. The third-order valence-corrected chi connectivity index (χ3v) is 3.39. The van der Waals surface area contributed by atoms with E-state index in [1.807, 2.05) is 50.2 Å². The Hall–Kier alpha value is -1.98. The van der Waals surface area contributed by atoms with Gasteiger partial charge in [0.2, 0.25) is 0 Å². The lowest BCUT2D eigenvalue weighted by molar-refractivity contribution is 1.11. The molecule has 0 aliphatic carbocycles. The van der Waals surface area contributed by atoms with Crippen molar-refractivity contribution in [2.45, 2.75) is 20.4 Å². The molecule has 0 saturated carbocycles. The number of rotatable bonds is 3. The number of nitriles is 1. The van der Waals surface area contributed by atoms with E-state index in [2.05, 4.69) is 11.4 Å². The van der Waals surface area contributed by atoms with E-state index in [0.29, 0.717) is 12.1 Å². The maximum absolute atomic E-state index is 8.84. The molecule has 1 N–H and O–H groups in total. The fraction of sp³-hybridized carbons (Fsp3) is 0.188. The summed E-state index contributed by atoms with van der Waals surface area (Å²) in [6.07, 6.45) is 0. The van der Waals surface area contributed by atoms with Crippen LogP contribution in [0.25, 0.3) is 0 Å². The van der Waals surface area contributed by atoms with E-state index in [4.69, 9.17) is 16.9 Å². The van der Waals surface area contributed by atoms with E-state index in [-0.39, 0.29) is 0 Å². The Morgan fingerprint density at radius 1 is 1.16 bits per heavy atom. The molecular weight excluding hydrogens is 256 g/mol. The molecule has 0 saturated heterocycles. The molecule has 0 radical (unpaired) electrons. The van der Waals surface area contributed by atoms with Crippen molar-refractivity contribution in [3.8, 4) is 6.07 Å². The van der Waals surface area contributed by atoms with E-state index in [9.17, 15) is 0 Å². The van der Waals surface area contributed by atoms with Crippen LogP contribution in [0.4, 0.5) is 5.69 Å². The van der Waals surface area contributed by atoms with E-state index >= 15 is 0 Å². The largest absolute Gasteiger partial charge is 0.380 e. The smallest absolute Gasteiger partial charge is 0.0991 e. The summed E-state index contributed by atoms with van der Waals surface area (Å²) in [6.45, 7) is 4.74. The Labute approximate surface area is 118 Å². The summed E-state index contributed by atoms with van der Waals surface area (Å²) < 4.78 is 0. The minimum absolute atomic E-state index is 0.690. The normalized spacial score (nSPS) is 10.0. The summed E-state index contributed by atoms with van der Waals surface area (Å²) in [6, 6.07) is 13.8. The zero-order chi connectivity index (χ0) is 13.8. The topological polar surface area (TPSA) is 35.8 Å². The lowest BCUT2D eigenvalue weighted by Crippen LogP contribution is -2.02. The van der Waals surface area contributed by atoms with Crippen molar-refractivity contribution in [3.63, 3.8) is 0 Å². The van der Waals surface area contributed by atoms with Crippen LogP contribution in [-0.4, -0.2) is 0 Å². The van der Waals surface area contributed by atoms with E-state index in [1.54, 1.807) is 0 Å². The average Bonchev–Trinajstić information content (AvgIpc) is 2.40. The van der Waals surface area contributed by atoms with Gasteiger partial charge in [-0.3, -0.25) is 0 Å². The molecule has 0 heterocycles. The minimum atomic E-state index is 0.690. The monoisotopic (exact) mass is 270 g/mol. The number of benzene rings is 2. The second-order valence-corrected chi connectivity index (χ2v) is 5.00. The van der Waals surface area contributed by atoms with Gasteiger partial charge >= 0.3 is 0 Å². The highest BCUT2D eigenvalue weighted by Gasteiger charge is 2.03. The van der Waals surface area contributed by atoms with Gasteiger partial charge in [-0.25, -0.2) is 0 Å². The first-order valence-electron chi connectivity index (χ1n) is 6.10. The van der Waals surface area contributed by atoms with Crippen molar-refractivity contribution < 1.29 is 0 Å². The third-order valence-electron chi connectivity index (χ3n) is 3.06. The van der Waals surface area contributed by atoms with Gasteiger partial charge in [-0.1, -0.05) is 23.7 Å². The summed E-state index contributed by atoms with van der Waals surface area (Å²) >= 11 is 6.14. The zero-order valence-corrected chi connectivity index (χ0v) is 11.8. The van der Waals surface area contributed by atoms with Gasteiger partial charge in [0.05, 0.1) is 22.3 Å². The fourth-order valence-electron chi connectivity index (χ4n) is 1.93. The molecule has 2 aromatic carbocycles. The SMILES string of the molecule is Cc1ccc(Cl)c(NCc2ccc(C#N)cc2C)c1. The van der Waals surface area contributed by atoms with E-state index in [0.717, 1.165) is 21.8 Å². The van der Waals surface area contributed by atoms with Crippen LogP contribution in [0.5, 0.6) is 0 Å². The van der Waals surface area contributed by atoms with Crippen molar-refractivity contribution in [2.24, 2.45) is 0 Å². The van der Waals surface area contributed by atoms with Crippen LogP contribution in [0.15, 0.2) is 36.4 Å².